The zero-order chi connectivity index (χ0) is 12.8. The molecule has 0 spiro atoms. The second-order valence-electron chi connectivity index (χ2n) is 6.40. The molecular formula is C16H20N2. The van der Waals surface area contributed by atoms with Crippen LogP contribution in [0.3, 0.4) is 0 Å². The largest absolute Gasteiger partial charge is 0.321 e. The van der Waals surface area contributed by atoms with Crippen LogP contribution >= 0.6 is 0 Å². The first kappa shape index (κ1) is 11.7. The minimum Gasteiger partial charge on any atom is -0.321 e. The fraction of sp³-hybridized carbons (Fsp3) is 0.438. The van der Waals surface area contributed by atoms with Crippen LogP contribution in [-0.2, 0) is 5.54 Å². The zero-order valence-electron chi connectivity index (χ0n) is 11.1. The summed E-state index contributed by atoms with van der Waals surface area (Å²) in [6.45, 7) is 4.63. The first-order chi connectivity index (χ1) is 8.50. The summed E-state index contributed by atoms with van der Waals surface area (Å²) in [6, 6.07) is 8.48. The number of pyridine rings is 1. The van der Waals surface area contributed by atoms with Crippen LogP contribution in [0.15, 0.2) is 36.7 Å². The van der Waals surface area contributed by atoms with Crippen molar-refractivity contribution in [1.29, 1.82) is 0 Å². The highest BCUT2D eigenvalue weighted by Gasteiger charge is 2.42. The van der Waals surface area contributed by atoms with E-state index in [1.165, 1.54) is 22.8 Å². The molecule has 1 saturated carbocycles. The van der Waals surface area contributed by atoms with E-state index in [0.717, 1.165) is 12.8 Å². The van der Waals surface area contributed by atoms with Gasteiger partial charge in [-0.1, -0.05) is 32.0 Å². The Balaban J connectivity index is 2.15. The Kier molecular flexibility index (Phi) is 2.46. The molecule has 0 bridgehead atoms. The molecule has 18 heavy (non-hydrogen) atoms. The van der Waals surface area contributed by atoms with Gasteiger partial charge in [-0.25, -0.2) is 0 Å². The van der Waals surface area contributed by atoms with Crippen LogP contribution in [0.5, 0.6) is 0 Å². The van der Waals surface area contributed by atoms with Gasteiger partial charge in [-0.05, 0) is 41.7 Å². The molecule has 2 aromatic rings. The predicted molar refractivity (Wildman–Crippen MR) is 75.2 cm³/mol. The Labute approximate surface area is 108 Å². The van der Waals surface area contributed by atoms with Gasteiger partial charge in [-0.2, -0.15) is 0 Å². The highest BCUT2D eigenvalue weighted by atomic mass is 14.8. The minimum absolute atomic E-state index is 0.176. The van der Waals surface area contributed by atoms with E-state index in [4.69, 9.17) is 5.73 Å². The number of fused-ring (bicyclic) bond motifs is 1. The third-order valence-electron chi connectivity index (χ3n) is 4.26. The van der Waals surface area contributed by atoms with Gasteiger partial charge in [0.1, 0.15) is 0 Å². The first-order valence-electron chi connectivity index (χ1n) is 6.62. The van der Waals surface area contributed by atoms with E-state index in [-0.39, 0.29) is 5.54 Å². The third-order valence-corrected chi connectivity index (χ3v) is 4.26. The van der Waals surface area contributed by atoms with Gasteiger partial charge >= 0.3 is 0 Å². The lowest BCUT2D eigenvalue weighted by Crippen LogP contribution is -2.34. The molecule has 1 heterocycles. The number of nitrogens with zero attached hydrogens (tertiary/aromatic N) is 1. The Morgan fingerprint density at radius 1 is 1.17 bits per heavy atom. The van der Waals surface area contributed by atoms with Crippen LogP contribution in [-0.4, -0.2) is 4.98 Å². The van der Waals surface area contributed by atoms with Gasteiger partial charge < -0.3 is 5.73 Å². The van der Waals surface area contributed by atoms with Crippen molar-refractivity contribution in [2.75, 3.05) is 0 Å². The second kappa shape index (κ2) is 3.79. The van der Waals surface area contributed by atoms with Gasteiger partial charge in [0.2, 0.25) is 0 Å². The van der Waals surface area contributed by atoms with Gasteiger partial charge in [0.25, 0.3) is 0 Å². The van der Waals surface area contributed by atoms with Crippen molar-refractivity contribution in [1.82, 2.24) is 4.98 Å². The second-order valence-corrected chi connectivity index (χ2v) is 6.40. The molecule has 94 valence electrons. The molecule has 2 N–H and O–H groups in total. The molecule has 1 fully saturated rings. The van der Waals surface area contributed by atoms with Gasteiger partial charge in [0, 0.05) is 23.3 Å². The number of benzene rings is 1. The summed E-state index contributed by atoms with van der Waals surface area (Å²) in [5, 5.41) is 2.44. The fourth-order valence-corrected chi connectivity index (χ4v) is 3.38. The minimum atomic E-state index is -0.176. The Hall–Kier alpha value is -1.41. The van der Waals surface area contributed by atoms with Crippen molar-refractivity contribution in [3.05, 3.63) is 42.2 Å². The summed E-state index contributed by atoms with van der Waals surface area (Å²) in [5.41, 5.74) is 8.16. The fourth-order valence-electron chi connectivity index (χ4n) is 3.38. The molecule has 1 aliphatic rings. The van der Waals surface area contributed by atoms with Crippen molar-refractivity contribution in [3.8, 4) is 0 Å². The van der Waals surface area contributed by atoms with Crippen LogP contribution < -0.4 is 5.73 Å². The van der Waals surface area contributed by atoms with Gasteiger partial charge in [0.15, 0.2) is 0 Å². The van der Waals surface area contributed by atoms with Crippen LogP contribution in [0.2, 0.25) is 0 Å². The summed E-state index contributed by atoms with van der Waals surface area (Å²) < 4.78 is 0. The normalized spacial score (nSPS) is 26.6. The monoisotopic (exact) mass is 240 g/mol. The summed E-state index contributed by atoms with van der Waals surface area (Å²) in [6.07, 6.45) is 7.10. The quantitative estimate of drug-likeness (QED) is 0.827. The molecule has 1 aliphatic carbocycles. The van der Waals surface area contributed by atoms with E-state index in [2.05, 4.69) is 43.1 Å². The average Bonchev–Trinajstić information content (AvgIpc) is 2.64. The van der Waals surface area contributed by atoms with E-state index < -0.39 is 0 Å². The van der Waals surface area contributed by atoms with Crippen molar-refractivity contribution in [3.63, 3.8) is 0 Å². The van der Waals surface area contributed by atoms with Gasteiger partial charge in [0.05, 0.1) is 0 Å². The lowest BCUT2D eigenvalue weighted by molar-refractivity contribution is 0.341. The number of hydrogen-bond acceptors (Lipinski definition) is 2. The van der Waals surface area contributed by atoms with E-state index in [0.29, 0.717) is 5.41 Å². The first-order valence-corrected chi connectivity index (χ1v) is 6.62. The SMILES string of the molecule is CC1(C)CCC(N)(c2cccc3cnccc23)C1. The molecule has 1 atom stereocenters. The van der Waals surface area contributed by atoms with Crippen molar-refractivity contribution < 1.29 is 0 Å². The topological polar surface area (TPSA) is 38.9 Å². The van der Waals surface area contributed by atoms with E-state index in [1.54, 1.807) is 0 Å². The maximum atomic E-state index is 6.70. The number of aromatic nitrogens is 1. The highest BCUT2D eigenvalue weighted by molar-refractivity contribution is 5.85. The third kappa shape index (κ3) is 1.81. The molecule has 1 aromatic carbocycles. The number of nitrogens with two attached hydrogens (primary N) is 1. The summed E-state index contributed by atoms with van der Waals surface area (Å²) in [5.74, 6) is 0. The van der Waals surface area contributed by atoms with Crippen molar-refractivity contribution in [2.24, 2.45) is 11.1 Å². The lowest BCUT2D eigenvalue weighted by atomic mass is 9.82. The lowest BCUT2D eigenvalue weighted by Gasteiger charge is -2.28. The van der Waals surface area contributed by atoms with E-state index >= 15 is 0 Å². The Morgan fingerprint density at radius 2 is 2.00 bits per heavy atom. The van der Waals surface area contributed by atoms with E-state index in [9.17, 15) is 0 Å². The Morgan fingerprint density at radius 3 is 2.72 bits per heavy atom. The maximum absolute atomic E-state index is 6.70. The molecule has 2 nitrogen and oxygen atoms in total. The summed E-state index contributed by atoms with van der Waals surface area (Å²) in [7, 11) is 0. The predicted octanol–water partition coefficient (Wildman–Crippen LogP) is 3.60. The van der Waals surface area contributed by atoms with Gasteiger partial charge in [-0.3, -0.25) is 4.98 Å². The standard InChI is InChI=1S/C16H20N2/c1-15(2)7-8-16(17,11-15)14-5-3-4-12-10-18-9-6-13(12)14/h3-6,9-10H,7-8,11,17H2,1-2H3. The van der Waals surface area contributed by atoms with Crippen molar-refractivity contribution >= 4 is 10.8 Å². The highest BCUT2D eigenvalue weighted by Crippen LogP contribution is 2.48. The molecule has 0 saturated heterocycles. The molecular weight excluding hydrogens is 220 g/mol. The zero-order valence-corrected chi connectivity index (χ0v) is 11.1. The van der Waals surface area contributed by atoms with Crippen LogP contribution in [0.4, 0.5) is 0 Å². The summed E-state index contributed by atoms with van der Waals surface area (Å²) in [4.78, 5) is 4.19. The van der Waals surface area contributed by atoms with Gasteiger partial charge in [-0.15, -0.1) is 0 Å². The maximum Gasteiger partial charge on any atom is 0.0421 e. The van der Waals surface area contributed by atoms with Crippen molar-refractivity contribution in [2.45, 2.75) is 38.6 Å². The van der Waals surface area contributed by atoms with E-state index in [1.807, 2.05) is 12.4 Å². The van der Waals surface area contributed by atoms with Crippen LogP contribution in [0, 0.1) is 5.41 Å². The molecule has 2 heteroatoms. The smallest absolute Gasteiger partial charge is 0.0421 e. The number of rotatable bonds is 1. The Bertz CT molecular complexity index is 583. The van der Waals surface area contributed by atoms with Crippen LogP contribution in [0.1, 0.15) is 38.7 Å². The average molecular weight is 240 g/mol. The number of hydrogen-bond donors (Lipinski definition) is 1. The summed E-state index contributed by atoms with van der Waals surface area (Å²) >= 11 is 0. The molecule has 0 aliphatic heterocycles. The molecule has 3 rings (SSSR count). The molecule has 0 amide bonds. The molecule has 1 aromatic heterocycles. The van der Waals surface area contributed by atoms with Crippen LogP contribution in [0.25, 0.3) is 10.8 Å². The molecule has 0 radical (unpaired) electrons. The molecule has 1 unspecified atom stereocenters.